The molecule has 0 spiro atoms. The molecular weight excluding hydrogens is 366 g/mol. The molecule has 1 aromatic rings. The summed E-state index contributed by atoms with van der Waals surface area (Å²) in [5.74, 6) is 2.95. The van der Waals surface area contributed by atoms with Gasteiger partial charge < -0.3 is 18.8 Å². The molecule has 0 amide bonds. The number of rotatable bonds is 3. The molecule has 4 nitrogen and oxygen atoms in total. The van der Waals surface area contributed by atoms with Gasteiger partial charge in [0.25, 0.3) is 0 Å². The quantitative estimate of drug-likeness (QED) is 0.677. The second kappa shape index (κ2) is 7.03. The smallest absolute Gasteiger partial charge is 0.192 e. The molecule has 0 bridgehead atoms. The lowest BCUT2D eigenvalue weighted by Crippen LogP contribution is -2.49. The molecule has 4 atom stereocenters. The van der Waals surface area contributed by atoms with Gasteiger partial charge >= 0.3 is 0 Å². The van der Waals surface area contributed by atoms with E-state index in [9.17, 15) is 0 Å². The second-order valence-corrected chi connectivity index (χ2v) is 15.4. The van der Waals surface area contributed by atoms with Gasteiger partial charge in [-0.3, -0.25) is 0 Å². The topological polar surface area (TPSA) is 30.9 Å². The third-order valence-corrected chi connectivity index (χ3v) is 12.2. The van der Waals surface area contributed by atoms with Crippen molar-refractivity contribution in [3.8, 4) is 11.5 Å². The van der Waals surface area contributed by atoms with Gasteiger partial charge in [0.2, 0.25) is 0 Å². The molecule has 156 valence electrons. The summed E-state index contributed by atoms with van der Waals surface area (Å²) in [5.41, 5.74) is 2.89. The minimum Gasteiger partial charge on any atom is -0.493 e. The van der Waals surface area contributed by atoms with Gasteiger partial charge in [0, 0.05) is 37.1 Å². The molecule has 0 N–H and O–H groups in total. The largest absolute Gasteiger partial charge is 0.493 e. The van der Waals surface area contributed by atoms with Crippen molar-refractivity contribution in [2.24, 2.45) is 5.92 Å². The van der Waals surface area contributed by atoms with Gasteiger partial charge in [0.05, 0.1) is 7.11 Å². The molecule has 4 rings (SSSR count). The highest BCUT2D eigenvalue weighted by Gasteiger charge is 2.50. The zero-order valence-electron chi connectivity index (χ0n) is 18.7. The van der Waals surface area contributed by atoms with Crippen LogP contribution in [0.25, 0.3) is 0 Å². The van der Waals surface area contributed by atoms with E-state index in [-0.39, 0.29) is 11.1 Å². The first kappa shape index (κ1) is 20.2. The van der Waals surface area contributed by atoms with Crippen LogP contribution in [0.2, 0.25) is 18.1 Å². The highest BCUT2D eigenvalue weighted by Crippen LogP contribution is 2.55. The van der Waals surface area contributed by atoms with Crippen molar-refractivity contribution < 1.29 is 13.9 Å². The van der Waals surface area contributed by atoms with Gasteiger partial charge in [-0.25, -0.2) is 0 Å². The first-order valence-electron chi connectivity index (χ1n) is 10.8. The SMILES string of the molecule is COc1ccc2c3c1OC1CC(O[Si](C)(C)C(C)(C)C)CC(CN(C)CC2)C31. The highest BCUT2D eigenvalue weighted by atomic mass is 28.4. The predicted octanol–water partition coefficient (Wildman–Crippen LogP) is 4.83. The van der Waals surface area contributed by atoms with Crippen LogP contribution < -0.4 is 9.47 Å². The summed E-state index contributed by atoms with van der Waals surface area (Å²) in [5, 5.41) is 0.234. The molecule has 28 heavy (non-hydrogen) atoms. The van der Waals surface area contributed by atoms with E-state index in [0.29, 0.717) is 17.9 Å². The van der Waals surface area contributed by atoms with Crippen molar-refractivity contribution in [2.75, 3.05) is 27.2 Å². The Morgan fingerprint density at radius 3 is 2.61 bits per heavy atom. The van der Waals surface area contributed by atoms with Crippen molar-refractivity contribution >= 4 is 8.32 Å². The standard InChI is InChI=1S/C23H37NO3Si/c1-23(2,3)28(6,7)27-17-12-16-14-24(4)11-10-15-8-9-18(25-5)22-21(15)20(16)19(13-17)26-22/h8-9,16-17,19-20H,10-14H2,1-7H3. The Kier molecular flexibility index (Phi) is 5.08. The monoisotopic (exact) mass is 403 g/mol. The molecule has 2 aliphatic heterocycles. The molecule has 1 aliphatic carbocycles. The van der Waals surface area contributed by atoms with Gasteiger partial charge in [-0.2, -0.15) is 0 Å². The van der Waals surface area contributed by atoms with Crippen LogP contribution in [0.5, 0.6) is 11.5 Å². The molecule has 2 heterocycles. The first-order valence-corrected chi connectivity index (χ1v) is 13.7. The van der Waals surface area contributed by atoms with E-state index in [2.05, 4.69) is 57.9 Å². The van der Waals surface area contributed by atoms with Crippen LogP contribution in [0, 0.1) is 5.92 Å². The fraction of sp³-hybridized carbons (Fsp3) is 0.739. The lowest BCUT2D eigenvalue weighted by Gasteiger charge is -2.45. The molecule has 1 fully saturated rings. The van der Waals surface area contributed by atoms with Gasteiger partial charge in [0.15, 0.2) is 19.8 Å². The van der Waals surface area contributed by atoms with Crippen molar-refractivity contribution in [1.29, 1.82) is 0 Å². The van der Waals surface area contributed by atoms with Crippen LogP contribution in [-0.2, 0) is 10.8 Å². The van der Waals surface area contributed by atoms with Crippen LogP contribution in [0.1, 0.15) is 50.7 Å². The Morgan fingerprint density at radius 1 is 1.18 bits per heavy atom. The molecule has 4 unspecified atom stereocenters. The molecule has 0 saturated heterocycles. The van der Waals surface area contributed by atoms with Crippen molar-refractivity contribution in [1.82, 2.24) is 4.90 Å². The van der Waals surface area contributed by atoms with Crippen LogP contribution in [0.3, 0.4) is 0 Å². The number of hydrogen-bond donors (Lipinski definition) is 0. The van der Waals surface area contributed by atoms with Crippen LogP contribution in [-0.4, -0.2) is 52.7 Å². The fourth-order valence-corrected chi connectivity index (χ4v) is 6.53. The van der Waals surface area contributed by atoms with Crippen molar-refractivity contribution in [3.63, 3.8) is 0 Å². The maximum absolute atomic E-state index is 6.88. The summed E-state index contributed by atoms with van der Waals surface area (Å²) >= 11 is 0. The van der Waals surface area contributed by atoms with Crippen molar-refractivity contribution in [3.05, 3.63) is 23.3 Å². The van der Waals surface area contributed by atoms with E-state index < -0.39 is 8.32 Å². The number of nitrogens with zero attached hydrogens (tertiary/aromatic N) is 1. The Balaban J connectivity index is 1.67. The zero-order valence-corrected chi connectivity index (χ0v) is 19.7. The Morgan fingerprint density at radius 2 is 1.93 bits per heavy atom. The minimum absolute atomic E-state index is 0.213. The Hall–Kier alpha value is -1.04. The lowest BCUT2D eigenvalue weighted by molar-refractivity contribution is 0.0211. The van der Waals surface area contributed by atoms with E-state index in [1.807, 2.05) is 0 Å². The van der Waals surface area contributed by atoms with Crippen LogP contribution in [0.4, 0.5) is 0 Å². The summed E-state index contributed by atoms with van der Waals surface area (Å²) in [4.78, 5) is 2.50. The molecule has 3 aliphatic rings. The van der Waals surface area contributed by atoms with Gasteiger partial charge in [0.1, 0.15) is 6.10 Å². The number of benzene rings is 1. The average molecular weight is 404 g/mol. The van der Waals surface area contributed by atoms with Crippen LogP contribution in [0.15, 0.2) is 12.1 Å². The number of likely N-dealkylation sites (N-methyl/N-ethyl adjacent to an activating group) is 1. The van der Waals surface area contributed by atoms with Crippen LogP contribution >= 0.6 is 0 Å². The summed E-state index contributed by atoms with van der Waals surface area (Å²) in [6.07, 6.45) is 3.73. The first-order chi connectivity index (χ1) is 13.1. The minimum atomic E-state index is -1.79. The molecule has 0 aromatic heterocycles. The molecule has 1 saturated carbocycles. The molecule has 5 heteroatoms. The Labute approximate surface area is 171 Å². The summed E-state index contributed by atoms with van der Waals surface area (Å²) in [6.45, 7) is 13.9. The van der Waals surface area contributed by atoms with Gasteiger partial charge in [-0.05, 0) is 55.6 Å². The third-order valence-electron chi connectivity index (χ3n) is 7.62. The highest BCUT2D eigenvalue weighted by molar-refractivity contribution is 6.74. The van der Waals surface area contributed by atoms with E-state index in [1.165, 1.54) is 11.1 Å². The summed E-state index contributed by atoms with van der Waals surface area (Å²) < 4.78 is 19.1. The maximum atomic E-state index is 6.88. The number of methoxy groups -OCH3 is 1. The van der Waals surface area contributed by atoms with Gasteiger partial charge in [-0.1, -0.05) is 26.8 Å². The summed E-state index contributed by atoms with van der Waals surface area (Å²) in [7, 11) is 2.22. The third kappa shape index (κ3) is 3.39. The van der Waals surface area contributed by atoms with E-state index in [1.54, 1.807) is 7.11 Å². The number of hydrogen-bond acceptors (Lipinski definition) is 4. The predicted molar refractivity (Wildman–Crippen MR) is 116 cm³/mol. The van der Waals surface area contributed by atoms with E-state index >= 15 is 0 Å². The Bertz CT molecular complexity index is 742. The zero-order chi connectivity index (χ0) is 20.3. The second-order valence-electron chi connectivity index (χ2n) is 10.6. The number of ether oxygens (including phenoxy) is 2. The average Bonchev–Trinajstić information content (AvgIpc) is 2.96. The lowest BCUT2D eigenvalue weighted by atomic mass is 9.71. The summed E-state index contributed by atoms with van der Waals surface area (Å²) in [6, 6.07) is 4.35. The molecular formula is C23H37NO3Si. The maximum Gasteiger partial charge on any atom is 0.192 e. The van der Waals surface area contributed by atoms with Gasteiger partial charge in [-0.15, -0.1) is 0 Å². The molecule has 0 radical (unpaired) electrons. The van der Waals surface area contributed by atoms with Crippen molar-refractivity contribution in [2.45, 2.75) is 76.3 Å². The normalized spacial score (nSPS) is 30.2. The van der Waals surface area contributed by atoms with E-state index in [4.69, 9.17) is 13.9 Å². The molecule has 1 aromatic carbocycles. The van der Waals surface area contributed by atoms with E-state index in [0.717, 1.165) is 43.9 Å². The fourth-order valence-electron chi connectivity index (χ4n) is 5.15.